The van der Waals surface area contributed by atoms with Crippen molar-refractivity contribution in [1.29, 1.82) is 0 Å². The molecule has 0 aliphatic rings. The molecule has 3 rings (SSSR count). The Morgan fingerprint density at radius 1 is 1.03 bits per heavy atom. The van der Waals surface area contributed by atoms with Gasteiger partial charge in [-0.2, -0.15) is 0 Å². The van der Waals surface area contributed by atoms with Crippen LogP contribution in [0.5, 0.6) is 11.5 Å². The molecule has 0 aliphatic carbocycles. The van der Waals surface area contributed by atoms with Crippen LogP contribution in [0, 0.1) is 6.92 Å². The molecule has 1 amide bonds. The van der Waals surface area contributed by atoms with E-state index in [-0.39, 0.29) is 13.2 Å². The van der Waals surface area contributed by atoms with Gasteiger partial charge < -0.3 is 14.8 Å². The summed E-state index contributed by atoms with van der Waals surface area (Å²) in [5.41, 5.74) is 2.91. The molecule has 1 N–H and O–H groups in total. The highest BCUT2D eigenvalue weighted by atomic mass is 35.5. The van der Waals surface area contributed by atoms with Gasteiger partial charge in [0.15, 0.2) is 6.61 Å². The van der Waals surface area contributed by atoms with E-state index in [0.29, 0.717) is 27.9 Å². The third-order valence-electron chi connectivity index (χ3n) is 4.78. The Bertz CT molecular complexity index is 1210. The zero-order valence-electron chi connectivity index (χ0n) is 18.5. The van der Waals surface area contributed by atoms with Crippen LogP contribution in [0.15, 0.2) is 66.7 Å². The van der Waals surface area contributed by atoms with Gasteiger partial charge in [-0.3, -0.25) is 9.10 Å². The number of sulfonamides is 1. The maximum atomic E-state index is 12.4. The minimum atomic E-state index is -3.50. The number of methoxy groups -OCH3 is 1. The van der Waals surface area contributed by atoms with Gasteiger partial charge in [0.05, 0.1) is 31.3 Å². The number of anilines is 2. The van der Waals surface area contributed by atoms with E-state index in [2.05, 4.69) is 5.32 Å². The van der Waals surface area contributed by atoms with Crippen LogP contribution < -0.4 is 19.1 Å². The number of benzene rings is 3. The number of nitrogens with one attached hydrogen (secondary N) is 1. The lowest BCUT2D eigenvalue weighted by Gasteiger charge is -2.23. The lowest BCUT2D eigenvalue weighted by Crippen LogP contribution is -2.29. The third kappa shape index (κ3) is 6.87. The Morgan fingerprint density at radius 3 is 2.30 bits per heavy atom. The quantitative estimate of drug-likeness (QED) is 0.474. The summed E-state index contributed by atoms with van der Waals surface area (Å²) in [6, 6.07) is 19.1. The normalized spacial score (nSPS) is 11.0. The van der Waals surface area contributed by atoms with E-state index in [0.717, 1.165) is 11.1 Å². The van der Waals surface area contributed by atoms with Crippen LogP contribution >= 0.6 is 11.6 Å². The van der Waals surface area contributed by atoms with E-state index in [1.54, 1.807) is 42.5 Å². The molecule has 0 atom stereocenters. The first kappa shape index (κ1) is 24.4. The number of nitrogens with zero attached hydrogens (tertiary/aromatic N) is 1. The summed E-state index contributed by atoms with van der Waals surface area (Å²) >= 11 is 5.98. The maximum Gasteiger partial charge on any atom is 0.262 e. The summed E-state index contributed by atoms with van der Waals surface area (Å²) < 4.78 is 36.8. The molecule has 0 aromatic heterocycles. The molecule has 0 spiro atoms. The van der Waals surface area contributed by atoms with Crippen molar-refractivity contribution in [3.63, 3.8) is 0 Å². The first-order chi connectivity index (χ1) is 15.7. The van der Waals surface area contributed by atoms with Crippen LogP contribution in [-0.2, 0) is 21.4 Å². The average molecular weight is 489 g/mol. The van der Waals surface area contributed by atoms with Crippen LogP contribution in [0.3, 0.4) is 0 Å². The van der Waals surface area contributed by atoms with E-state index in [9.17, 15) is 13.2 Å². The number of hydrogen-bond donors (Lipinski definition) is 1. The van der Waals surface area contributed by atoms with E-state index >= 15 is 0 Å². The number of aryl methyl sites for hydroxylation is 1. The third-order valence-corrected chi connectivity index (χ3v) is 6.15. The molecular formula is C24H25ClN2O5S. The standard InChI is InChI=1S/C24H25ClN2O5S/c1-17-4-6-18(7-5-17)15-27(33(3,29)30)20-9-11-21(12-10-20)32-16-24(28)26-22-14-19(25)8-13-23(22)31-2/h4-14H,15-16H2,1-3H3,(H,26,28). The number of amides is 1. The second-order valence-corrected chi connectivity index (χ2v) is 9.77. The van der Waals surface area contributed by atoms with Gasteiger partial charge in [-0.15, -0.1) is 0 Å². The molecule has 3 aromatic carbocycles. The summed E-state index contributed by atoms with van der Waals surface area (Å²) in [6.45, 7) is 1.94. The van der Waals surface area contributed by atoms with E-state index in [4.69, 9.17) is 21.1 Å². The fourth-order valence-electron chi connectivity index (χ4n) is 3.08. The van der Waals surface area contributed by atoms with E-state index < -0.39 is 15.9 Å². The molecule has 0 fully saturated rings. The smallest absolute Gasteiger partial charge is 0.262 e. The summed E-state index contributed by atoms with van der Waals surface area (Å²) in [5, 5.41) is 3.15. The fourth-order valence-corrected chi connectivity index (χ4v) is 4.14. The van der Waals surface area contributed by atoms with Crippen LogP contribution in [0.25, 0.3) is 0 Å². The summed E-state index contributed by atoms with van der Waals surface area (Å²) in [5.74, 6) is 0.513. The fraction of sp³-hybridized carbons (Fsp3) is 0.208. The largest absolute Gasteiger partial charge is 0.495 e. The van der Waals surface area contributed by atoms with Gasteiger partial charge in [0.1, 0.15) is 11.5 Å². The molecule has 0 heterocycles. The van der Waals surface area contributed by atoms with Crippen molar-refractivity contribution < 1.29 is 22.7 Å². The molecule has 0 saturated heterocycles. The number of hydrogen-bond acceptors (Lipinski definition) is 5. The molecule has 0 radical (unpaired) electrons. The number of rotatable bonds is 9. The molecule has 0 bridgehead atoms. The molecule has 3 aromatic rings. The molecule has 33 heavy (non-hydrogen) atoms. The highest BCUT2D eigenvalue weighted by molar-refractivity contribution is 7.92. The maximum absolute atomic E-state index is 12.4. The van der Waals surface area contributed by atoms with Crippen LogP contribution in [0.4, 0.5) is 11.4 Å². The van der Waals surface area contributed by atoms with Gasteiger partial charge in [-0.05, 0) is 55.0 Å². The van der Waals surface area contributed by atoms with Crippen molar-refractivity contribution in [2.75, 3.05) is 29.6 Å². The zero-order chi connectivity index (χ0) is 24.0. The first-order valence-electron chi connectivity index (χ1n) is 10.1. The summed E-state index contributed by atoms with van der Waals surface area (Å²) in [7, 11) is -2.01. The predicted molar refractivity (Wildman–Crippen MR) is 131 cm³/mol. The highest BCUT2D eigenvalue weighted by Crippen LogP contribution is 2.28. The number of carbonyl (C=O) groups excluding carboxylic acids is 1. The van der Waals surface area contributed by atoms with Crippen molar-refractivity contribution in [2.24, 2.45) is 0 Å². The van der Waals surface area contributed by atoms with Crippen LogP contribution in [0.2, 0.25) is 5.02 Å². The Labute approximate surface area is 198 Å². The van der Waals surface area contributed by atoms with Crippen molar-refractivity contribution in [3.05, 3.63) is 82.9 Å². The van der Waals surface area contributed by atoms with Gasteiger partial charge in [-0.1, -0.05) is 41.4 Å². The SMILES string of the molecule is COc1ccc(Cl)cc1NC(=O)COc1ccc(N(Cc2ccc(C)cc2)S(C)(=O)=O)cc1. The van der Waals surface area contributed by atoms with Gasteiger partial charge in [0.25, 0.3) is 5.91 Å². The molecule has 0 aliphatic heterocycles. The highest BCUT2D eigenvalue weighted by Gasteiger charge is 2.18. The Hall–Kier alpha value is -3.23. The number of carbonyl (C=O) groups is 1. The van der Waals surface area contributed by atoms with Gasteiger partial charge in [0, 0.05) is 5.02 Å². The topological polar surface area (TPSA) is 84.9 Å². The molecule has 174 valence electrons. The average Bonchev–Trinajstić information content (AvgIpc) is 2.77. The molecular weight excluding hydrogens is 464 g/mol. The van der Waals surface area contributed by atoms with Crippen molar-refractivity contribution >= 4 is 38.9 Å². The second kappa shape index (κ2) is 10.6. The van der Waals surface area contributed by atoms with Crippen molar-refractivity contribution in [3.8, 4) is 11.5 Å². The Morgan fingerprint density at radius 2 is 1.70 bits per heavy atom. The van der Waals surface area contributed by atoms with E-state index in [1.165, 1.54) is 17.7 Å². The minimum Gasteiger partial charge on any atom is -0.495 e. The first-order valence-corrected chi connectivity index (χ1v) is 12.3. The van der Waals surface area contributed by atoms with Gasteiger partial charge in [-0.25, -0.2) is 8.42 Å². The number of ether oxygens (including phenoxy) is 2. The minimum absolute atomic E-state index is 0.211. The monoisotopic (exact) mass is 488 g/mol. The van der Waals surface area contributed by atoms with Gasteiger partial charge in [0.2, 0.25) is 10.0 Å². The van der Waals surface area contributed by atoms with Crippen molar-refractivity contribution in [2.45, 2.75) is 13.5 Å². The predicted octanol–water partition coefficient (Wildman–Crippen LogP) is 4.64. The molecule has 7 nitrogen and oxygen atoms in total. The van der Waals surface area contributed by atoms with Crippen LogP contribution in [-0.4, -0.2) is 34.3 Å². The van der Waals surface area contributed by atoms with Crippen molar-refractivity contribution in [1.82, 2.24) is 0 Å². The second-order valence-electron chi connectivity index (χ2n) is 7.43. The Balaban J connectivity index is 1.65. The van der Waals surface area contributed by atoms with E-state index in [1.807, 2.05) is 31.2 Å². The zero-order valence-corrected chi connectivity index (χ0v) is 20.1. The Kier molecular flexibility index (Phi) is 7.84. The lowest BCUT2D eigenvalue weighted by atomic mass is 10.1. The molecule has 0 saturated carbocycles. The lowest BCUT2D eigenvalue weighted by molar-refractivity contribution is -0.118. The molecule has 0 unspecified atom stereocenters. The van der Waals surface area contributed by atoms with Gasteiger partial charge >= 0.3 is 0 Å². The summed E-state index contributed by atoms with van der Waals surface area (Å²) in [6.07, 6.45) is 1.17. The molecule has 9 heteroatoms. The van der Waals surface area contributed by atoms with Crippen LogP contribution in [0.1, 0.15) is 11.1 Å². The number of halogens is 1. The summed E-state index contributed by atoms with van der Waals surface area (Å²) in [4.78, 5) is 12.3.